The molecule has 1 saturated carbocycles. The van der Waals surface area contributed by atoms with Crippen molar-refractivity contribution in [3.8, 4) is 0 Å². The van der Waals surface area contributed by atoms with E-state index in [-0.39, 0.29) is 30.8 Å². The topological polar surface area (TPSA) is 86.8 Å². The summed E-state index contributed by atoms with van der Waals surface area (Å²) in [5.74, 6) is -0.245. The van der Waals surface area contributed by atoms with Crippen LogP contribution in [0.2, 0.25) is 0 Å². The summed E-state index contributed by atoms with van der Waals surface area (Å²) in [5, 5.41) is 3.20. The van der Waals surface area contributed by atoms with E-state index in [2.05, 4.69) is 5.32 Å². The van der Waals surface area contributed by atoms with Gasteiger partial charge in [0.1, 0.15) is 6.04 Å². The first-order valence-corrected chi connectivity index (χ1v) is 15.6. The Morgan fingerprint density at radius 3 is 2.21 bits per heavy atom. The second-order valence-electron chi connectivity index (χ2n) is 10.6. The Balaban J connectivity index is 1.75. The van der Waals surface area contributed by atoms with Crippen molar-refractivity contribution in [1.29, 1.82) is 0 Å². The lowest BCUT2D eigenvalue weighted by Gasteiger charge is -2.33. The number of nitrogens with one attached hydrogen (secondary N) is 1. The summed E-state index contributed by atoms with van der Waals surface area (Å²) < 4.78 is 26.6. The zero-order valence-electron chi connectivity index (χ0n) is 23.3. The average molecular weight is 542 g/mol. The molecule has 2 aromatic carbocycles. The largest absolute Gasteiger partial charge is 0.352 e. The maximum atomic E-state index is 13.6. The Labute approximate surface area is 228 Å². The molecular formula is C30H43N3O4S. The molecule has 1 aliphatic carbocycles. The van der Waals surface area contributed by atoms with Gasteiger partial charge in [-0.15, -0.1) is 0 Å². The summed E-state index contributed by atoms with van der Waals surface area (Å²) in [6, 6.07) is 15.0. The van der Waals surface area contributed by atoms with Crippen molar-refractivity contribution in [3.63, 3.8) is 0 Å². The highest BCUT2D eigenvalue weighted by Gasteiger charge is 2.30. The normalized spacial score (nSPS) is 15.1. The molecule has 1 N–H and O–H groups in total. The minimum Gasteiger partial charge on any atom is -0.352 e. The number of hydrogen-bond acceptors (Lipinski definition) is 4. The Morgan fingerprint density at radius 2 is 1.63 bits per heavy atom. The first-order valence-electron chi connectivity index (χ1n) is 13.8. The van der Waals surface area contributed by atoms with Crippen molar-refractivity contribution in [1.82, 2.24) is 10.2 Å². The van der Waals surface area contributed by atoms with Crippen molar-refractivity contribution in [3.05, 3.63) is 65.2 Å². The number of amides is 2. The average Bonchev–Trinajstić information content (AvgIpc) is 2.86. The third-order valence-corrected chi connectivity index (χ3v) is 8.37. The number of rotatable bonds is 12. The maximum Gasteiger partial charge on any atom is 0.243 e. The fourth-order valence-electron chi connectivity index (χ4n) is 5.34. The summed E-state index contributed by atoms with van der Waals surface area (Å²) in [6.07, 6.45) is 7.60. The van der Waals surface area contributed by atoms with Gasteiger partial charge in [-0.05, 0) is 68.4 Å². The number of anilines is 1. The molecule has 38 heavy (non-hydrogen) atoms. The van der Waals surface area contributed by atoms with E-state index in [0.717, 1.165) is 42.4 Å². The van der Waals surface area contributed by atoms with E-state index in [1.54, 1.807) is 4.90 Å². The van der Waals surface area contributed by atoms with Crippen molar-refractivity contribution in [2.24, 2.45) is 0 Å². The molecular weight excluding hydrogens is 498 g/mol. The van der Waals surface area contributed by atoms with Gasteiger partial charge in [-0.1, -0.05) is 62.6 Å². The van der Waals surface area contributed by atoms with Crippen LogP contribution in [0, 0.1) is 13.8 Å². The van der Waals surface area contributed by atoms with Gasteiger partial charge in [0.05, 0.1) is 11.9 Å². The van der Waals surface area contributed by atoms with E-state index in [4.69, 9.17) is 0 Å². The molecule has 3 rings (SSSR count). The number of sulfonamides is 1. The minimum atomic E-state index is -3.52. The second kappa shape index (κ2) is 13.8. The highest BCUT2D eigenvalue weighted by atomic mass is 32.2. The summed E-state index contributed by atoms with van der Waals surface area (Å²) in [6.45, 7) is 6.33. The van der Waals surface area contributed by atoms with Crippen LogP contribution in [-0.4, -0.2) is 50.0 Å². The number of carbonyl (C=O) groups is 2. The van der Waals surface area contributed by atoms with E-state index in [9.17, 15) is 18.0 Å². The first kappa shape index (κ1) is 29.7. The molecule has 0 heterocycles. The lowest BCUT2D eigenvalue weighted by molar-refractivity contribution is -0.141. The fourth-order valence-corrected chi connectivity index (χ4v) is 6.29. The van der Waals surface area contributed by atoms with E-state index in [1.807, 2.05) is 69.3 Å². The molecule has 8 heteroatoms. The lowest BCUT2D eigenvalue weighted by Crippen LogP contribution is -2.51. The molecule has 0 radical (unpaired) electrons. The predicted octanol–water partition coefficient (Wildman–Crippen LogP) is 5.11. The molecule has 2 amide bonds. The molecule has 1 aliphatic rings. The van der Waals surface area contributed by atoms with Crippen LogP contribution in [0.25, 0.3) is 0 Å². The summed E-state index contributed by atoms with van der Waals surface area (Å²) in [7, 11) is -3.52. The molecule has 0 unspecified atom stereocenters. The molecule has 0 bridgehead atoms. The van der Waals surface area contributed by atoms with Crippen LogP contribution in [0.5, 0.6) is 0 Å². The molecule has 2 aromatic rings. The van der Waals surface area contributed by atoms with Crippen LogP contribution in [0.1, 0.15) is 75.0 Å². The molecule has 0 saturated heterocycles. The fraction of sp³-hybridized carbons (Fsp3) is 0.533. The van der Waals surface area contributed by atoms with Crippen LogP contribution in [0.3, 0.4) is 0 Å². The minimum absolute atomic E-state index is 0.100. The highest BCUT2D eigenvalue weighted by molar-refractivity contribution is 7.92. The van der Waals surface area contributed by atoms with Gasteiger partial charge in [-0.25, -0.2) is 8.42 Å². The molecule has 208 valence electrons. The third kappa shape index (κ3) is 8.58. The number of nitrogens with zero attached hydrogens (tertiary/aromatic N) is 2. The second-order valence-corrected chi connectivity index (χ2v) is 12.5. The van der Waals surface area contributed by atoms with Crippen molar-refractivity contribution in [2.75, 3.05) is 17.1 Å². The number of aryl methyl sites for hydroxylation is 2. The van der Waals surface area contributed by atoms with Gasteiger partial charge in [-0.2, -0.15) is 0 Å². The highest BCUT2D eigenvalue weighted by Crippen LogP contribution is 2.23. The molecule has 1 atom stereocenters. The molecule has 7 nitrogen and oxygen atoms in total. The molecule has 1 fully saturated rings. The van der Waals surface area contributed by atoms with Crippen molar-refractivity contribution in [2.45, 2.75) is 90.8 Å². The SMILES string of the molecule is CC[C@H](C(=O)NC1CCCCC1)N(Cc1ccccc1)C(=O)CCCN(c1cc(C)cc(C)c1)S(C)(=O)=O. The Morgan fingerprint density at radius 1 is 1.00 bits per heavy atom. The first-order chi connectivity index (χ1) is 18.1. The zero-order valence-corrected chi connectivity index (χ0v) is 24.1. The molecule has 0 aliphatic heterocycles. The van der Waals surface area contributed by atoms with Crippen molar-refractivity contribution < 1.29 is 18.0 Å². The Hall–Kier alpha value is -2.87. The monoisotopic (exact) mass is 541 g/mol. The van der Waals surface area contributed by atoms with E-state index in [1.165, 1.54) is 17.0 Å². The van der Waals surface area contributed by atoms with Crippen LogP contribution < -0.4 is 9.62 Å². The van der Waals surface area contributed by atoms with Gasteiger partial charge >= 0.3 is 0 Å². The Bertz CT molecular complexity index is 1160. The van der Waals surface area contributed by atoms with Crippen LogP contribution in [0.15, 0.2) is 48.5 Å². The van der Waals surface area contributed by atoms with Crippen LogP contribution in [0.4, 0.5) is 5.69 Å². The van der Waals surface area contributed by atoms with Crippen LogP contribution >= 0.6 is 0 Å². The van der Waals surface area contributed by atoms with Gasteiger partial charge in [0.15, 0.2) is 0 Å². The van der Waals surface area contributed by atoms with Crippen molar-refractivity contribution >= 4 is 27.5 Å². The van der Waals surface area contributed by atoms with Gasteiger partial charge in [0.2, 0.25) is 21.8 Å². The number of hydrogen-bond donors (Lipinski definition) is 1. The number of carbonyl (C=O) groups excluding carboxylic acids is 2. The standard InChI is InChI=1S/C30H43N3O4S/c1-5-28(30(35)31-26-15-10-7-11-16-26)32(22-25-13-8-6-9-14-25)29(34)17-12-18-33(38(4,36)37)27-20-23(2)19-24(3)21-27/h6,8-9,13-14,19-21,26,28H,5,7,10-12,15-18,22H2,1-4H3,(H,31,35)/t28-/m1/s1. The summed E-state index contributed by atoms with van der Waals surface area (Å²) in [4.78, 5) is 28.6. The van der Waals surface area contributed by atoms with Gasteiger partial charge in [0.25, 0.3) is 0 Å². The summed E-state index contributed by atoms with van der Waals surface area (Å²) >= 11 is 0. The predicted molar refractivity (Wildman–Crippen MR) is 153 cm³/mol. The third-order valence-electron chi connectivity index (χ3n) is 7.18. The van der Waals surface area contributed by atoms with E-state index in [0.29, 0.717) is 25.1 Å². The lowest BCUT2D eigenvalue weighted by atomic mass is 9.95. The van der Waals surface area contributed by atoms with Gasteiger partial charge in [-0.3, -0.25) is 13.9 Å². The van der Waals surface area contributed by atoms with Crippen LogP contribution in [-0.2, 0) is 26.2 Å². The number of benzene rings is 2. The quantitative estimate of drug-likeness (QED) is 0.405. The molecule has 0 aromatic heterocycles. The zero-order chi connectivity index (χ0) is 27.7. The van der Waals surface area contributed by atoms with Gasteiger partial charge < -0.3 is 10.2 Å². The van der Waals surface area contributed by atoms with E-state index >= 15 is 0 Å². The maximum absolute atomic E-state index is 13.6. The van der Waals surface area contributed by atoms with E-state index < -0.39 is 16.1 Å². The molecule has 0 spiro atoms. The smallest absolute Gasteiger partial charge is 0.243 e. The Kier molecular flexibility index (Phi) is 10.8. The summed E-state index contributed by atoms with van der Waals surface area (Å²) in [5.41, 5.74) is 3.52. The van der Waals surface area contributed by atoms with Gasteiger partial charge in [0, 0.05) is 25.6 Å².